The van der Waals surface area contributed by atoms with Crippen molar-refractivity contribution in [2.24, 2.45) is 11.8 Å². The van der Waals surface area contributed by atoms with Gasteiger partial charge in [0.05, 0.1) is 19.8 Å². The first kappa shape index (κ1) is 23.1. The summed E-state index contributed by atoms with van der Waals surface area (Å²) in [7, 11) is 0. The quantitative estimate of drug-likeness (QED) is 0.535. The number of hydrogen-bond acceptors (Lipinski definition) is 5. The van der Waals surface area contributed by atoms with E-state index in [1.54, 1.807) is 0 Å². The van der Waals surface area contributed by atoms with Crippen LogP contribution in [0.1, 0.15) is 30.7 Å². The summed E-state index contributed by atoms with van der Waals surface area (Å²) in [6.07, 6.45) is 5.98. The Labute approximate surface area is 174 Å². The molecule has 5 nitrogen and oxygen atoms in total. The van der Waals surface area contributed by atoms with Crippen molar-refractivity contribution in [3.8, 4) is 0 Å². The van der Waals surface area contributed by atoms with Crippen LogP contribution in [0.2, 0.25) is 0 Å². The number of aliphatic hydroxyl groups is 2. The van der Waals surface area contributed by atoms with Gasteiger partial charge in [-0.3, -0.25) is 4.98 Å². The zero-order valence-corrected chi connectivity index (χ0v) is 17.8. The molecule has 2 N–H and O–H groups in total. The zero-order valence-electron chi connectivity index (χ0n) is 17.8. The van der Waals surface area contributed by atoms with Crippen molar-refractivity contribution in [1.29, 1.82) is 0 Å². The molecule has 0 fully saturated rings. The predicted molar refractivity (Wildman–Crippen MR) is 120 cm³/mol. The number of aromatic nitrogens is 1. The average Bonchev–Trinajstić information content (AvgIpc) is 2.72. The second-order valence-electron chi connectivity index (χ2n) is 7.63. The monoisotopic (exact) mass is 398 g/mol. The molecule has 2 aromatic rings. The predicted octanol–water partition coefficient (Wildman–Crippen LogP) is 3.64. The third kappa shape index (κ3) is 7.97. The Kier molecular flexibility index (Phi) is 9.84. The van der Waals surface area contributed by atoms with E-state index in [0.29, 0.717) is 32.2 Å². The van der Waals surface area contributed by atoms with Crippen LogP contribution in [0, 0.1) is 18.8 Å². The van der Waals surface area contributed by atoms with E-state index in [1.807, 2.05) is 25.3 Å². The smallest absolute Gasteiger partial charge is 0.0641 e. The number of benzene rings is 1. The van der Waals surface area contributed by atoms with Crippen LogP contribution < -0.4 is 4.90 Å². The Bertz CT molecular complexity index is 727. The number of rotatable bonds is 12. The Morgan fingerprint density at radius 3 is 2.28 bits per heavy atom. The molecule has 1 aromatic carbocycles. The maximum atomic E-state index is 9.41. The van der Waals surface area contributed by atoms with Crippen molar-refractivity contribution >= 4 is 17.8 Å². The van der Waals surface area contributed by atoms with Crippen LogP contribution in [0.3, 0.4) is 0 Å². The number of anilines is 1. The van der Waals surface area contributed by atoms with E-state index >= 15 is 0 Å². The van der Waals surface area contributed by atoms with E-state index in [4.69, 9.17) is 4.74 Å². The Hall–Kier alpha value is -2.21. The first-order valence-electron chi connectivity index (χ1n) is 10.3. The molecule has 1 unspecified atom stereocenters. The number of nitrogens with zero attached hydrogens (tertiary/aromatic N) is 2. The lowest BCUT2D eigenvalue weighted by Gasteiger charge is -2.25. The highest BCUT2D eigenvalue weighted by Gasteiger charge is 2.12. The van der Waals surface area contributed by atoms with Gasteiger partial charge >= 0.3 is 0 Å². The van der Waals surface area contributed by atoms with Crippen LogP contribution in [-0.4, -0.2) is 54.7 Å². The minimum Gasteiger partial charge on any atom is -0.396 e. The van der Waals surface area contributed by atoms with Crippen molar-refractivity contribution in [3.63, 3.8) is 0 Å². The van der Waals surface area contributed by atoms with Crippen LogP contribution in [0.4, 0.5) is 5.69 Å². The molecule has 0 bridgehead atoms. The molecule has 29 heavy (non-hydrogen) atoms. The van der Waals surface area contributed by atoms with Gasteiger partial charge in [0.15, 0.2) is 0 Å². The summed E-state index contributed by atoms with van der Waals surface area (Å²) in [4.78, 5) is 6.41. The fourth-order valence-electron chi connectivity index (χ4n) is 2.92. The number of pyridine rings is 1. The third-order valence-electron chi connectivity index (χ3n) is 5.05. The van der Waals surface area contributed by atoms with E-state index < -0.39 is 0 Å². The highest BCUT2D eigenvalue weighted by atomic mass is 16.5. The van der Waals surface area contributed by atoms with Crippen LogP contribution in [0.5, 0.6) is 0 Å². The second-order valence-corrected chi connectivity index (χ2v) is 7.63. The lowest BCUT2D eigenvalue weighted by Crippen LogP contribution is -2.31. The molecular weight excluding hydrogens is 364 g/mol. The third-order valence-corrected chi connectivity index (χ3v) is 5.05. The molecule has 0 amide bonds. The van der Waals surface area contributed by atoms with Crippen molar-refractivity contribution in [1.82, 2.24) is 4.98 Å². The van der Waals surface area contributed by atoms with Gasteiger partial charge in [-0.1, -0.05) is 44.2 Å². The Morgan fingerprint density at radius 1 is 1.00 bits per heavy atom. The number of aliphatic hydroxyl groups excluding tert-OH is 2. The lowest BCUT2D eigenvalue weighted by molar-refractivity contribution is 0.0569. The van der Waals surface area contributed by atoms with E-state index in [9.17, 15) is 10.2 Å². The van der Waals surface area contributed by atoms with Crippen LogP contribution in [0.25, 0.3) is 12.2 Å². The fourth-order valence-corrected chi connectivity index (χ4v) is 2.92. The van der Waals surface area contributed by atoms with E-state index in [2.05, 4.69) is 60.1 Å². The summed E-state index contributed by atoms with van der Waals surface area (Å²) in [6, 6.07) is 12.3. The van der Waals surface area contributed by atoms with Gasteiger partial charge < -0.3 is 19.8 Å². The van der Waals surface area contributed by atoms with E-state index in [0.717, 1.165) is 22.5 Å². The molecule has 0 aliphatic carbocycles. The summed E-state index contributed by atoms with van der Waals surface area (Å²) in [6.45, 7) is 8.76. The topological polar surface area (TPSA) is 65.8 Å². The number of hydrogen-bond donors (Lipinski definition) is 2. The molecule has 2 rings (SSSR count). The van der Waals surface area contributed by atoms with Gasteiger partial charge in [-0.2, -0.15) is 0 Å². The minimum atomic E-state index is 0.0906. The molecule has 0 aliphatic heterocycles. The van der Waals surface area contributed by atoms with Gasteiger partial charge in [0.25, 0.3) is 0 Å². The first-order chi connectivity index (χ1) is 14.0. The summed E-state index contributed by atoms with van der Waals surface area (Å²) < 4.78 is 5.77. The Morgan fingerprint density at radius 2 is 1.69 bits per heavy atom. The van der Waals surface area contributed by atoms with Gasteiger partial charge in [-0.25, -0.2) is 0 Å². The summed E-state index contributed by atoms with van der Waals surface area (Å²) in [5, 5.41) is 18.8. The molecule has 1 atom stereocenters. The summed E-state index contributed by atoms with van der Waals surface area (Å²) >= 11 is 0. The van der Waals surface area contributed by atoms with E-state index in [1.165, 1.54) is 0 Å². The van der Waals surface area contributed by atoms with E-state index in [-0.39, 0.29) is 19.1 Å². The molecule has 0 spiro atoms. The number of aryl methyl sites for hydroxylation is 1. The molecule has 1 heterocycles. The van der Waals surface area contributed by atoms with Crippen molar-refractivity contribution in [2.45, 2.75) is 20.8 Å². The maximum Gasteiger partial charge on any atom is 0.0641 e. The molecule has 0 radical (unpaired) electrons. The SMILES string of the molecule is Cc1ccc(/C=C/c2ccc(N(CCO)CCOCC(CO)C(C)C)cc2)cn1. The van der Waals surface area contributed by atoms with Crippen LogP contribution >= 0.6 is 0 Å². The standard InChI is InChI=1S/C24H34N2O3/c1-19(2)23(17-28)18-29-15-13-26(12-14-27)24-10-8-21(9-11-24)6-7-22-5-4-20(3)25-16-22/h4-11,16,19,23,27-28H,12-15,17-18H2,1-3H3/b7-6+. The van der Waals surface area contributed by atoms with Crippen LogP contribution in [-0.2, 0) is 4.74 Å². The first-order valence-corrected chi connectivity index (χ1v) is 10.3. The normalized spacial score (nSPS) is 12.6. The average molecular weight is 399 g/mol. The van der Waals surface area contributed by atoms with Crippen LogP contribution in [0.15, 0.2) is 42.6 Å². The highest BCUT2D eigenvalue weighted by molar-refractivity contribution is 5.70. The molecule has 1 aromatic heterocycles. The van der Waals surface area contributed by atoms with Crippen molar-refractivity contribution < 1.29 is 14.9 Å². The van der Waals surface area contributed by atoms with Gasteiger partial charge in [0.2, 0.25) is 0 Å². The molecular formula is C24H34N2O3. The lowest BCUT2D eigenvalue weighted by atomic mass is 9.98. The van der Waals surface area contributed by atoms with Gasteiger partial charge in [-0.05, 0) is 42.2 Å². The Balaban J connectivity index is 1.90. The molecule has 0 saturated carbocycles. The van der Waals surface area contributed by atoms with Crippen molar-refractivity contribution in [2.75, 3.05) is 44.4 Å². The van der Waals surface area contributed by atoms with Gasteiger partial charge in [-0.15, -0.1) is 0 Å². The maximum absolute atomic E-state index is 9.41. The summed E-state index contributed by atoms with van der Waals surface area (Å²) in [5.41, 5.74) is 4.24. The fraction of sp³-hybridized carbons (Fsp3) is 0.458. The molecule has 5 heteroatoms. The molecule has 0 saturated heterocycles. The summed E-state index contributed by atoms with van der Waals surface area (Å²) in [5.74, 6) is 0.556. The zero-order chi connectivity index (χ0) is 21.1. The molecule has 0 aliphatic rings. The minimum absolute atomic E-state index is 0.0906. The van der Waals surface area contributed by atoms with Gasteiger partial charge in [0, 0.05) is 43.2 Å². The van der Waals surface area contributed by atoms with Gasteiger partial charge in [0.1, 0.15) is 0 Å². The van der Waals surface area contributed by atoms with Crippen molar-refractivity contribution in [3.05, 3.63) is 59.4 Å². The second kappa shape index (κ2) is 12.4. The highest BCUT2D eigenvalue weighted by Crippen LogP contribution is 2.17. The number of ether oxygens (including phenoxy) is 1. The largest absolute Gasteiger partial charge is 0.396 e. The molecule has 158 valence electrons.